The molecule has 1 aromatic carbocycles. The highest BCUT2D eigenvalue weighted by atomic mass is 19.1. The van der Waals surface area contributed by atoms with Crippen LogP contribution in [-0.4, -0.2) is 47.4 Å². The molecule has 0 bridgehead atoms. The van der Waals surface area contributed by atoms with Gasteiger partial charge in [-0.1, -0.05) is 26.0 Å². The van der Waals surface area contributed by atoms with Crippen LogP contribution < -0.4 is 4.74 Å². The van der Waals surface area contributed by atoms with Crippen LogP contribution in [0.3, 0.4) is 0 Å². The van der Waals surface area contributed by atoms with E-state index in [2.05, 4.69) is 10.2 Å². The molecule has 134 valence electrons. The number of hydrogen-bond acceptors (Lipinski definition) is 6. The molecule has 0 spiro atoms. The highest BCUT2D eigenvalue weighted by molar-refractivity contribution is 5.78. The average Bonchev–Trinajstić information content (AvgIpc) is 3.11. The molecule has 0 radical (unpaired) electrons. The SMILES string of the molecule is CC(C)c1nnc([C@H]2COCCN2C(=O)COc2ccccc2F)o1. The molecule has 1 aliphatic heterocycles. The van der Waals surface area contributed by atoms with Gasteiger partial charge < -0.3 is 18.8 Å². The Labute approximate surface area is 144 Å². The fourth-order valence-corrected chi connectivity index (χ4v) is 2.51. The summed E-state index contributed by atoms with van der Waals surface area (Å²) in [5.41, 5.74) is 0. The van der Waals surface area contributed by atoms with Crippen LogP contribution in [-0.2, 0) is 9.53 Å². The number of halogens is 1. The van der Waals surface area contributed by atoms with Crippen molar-refractivity contribution in [2.24, 2.45) is 0 Å². The van der Waals surface area contributed by atoms with Gasteiger partial charge in [-0.05, 0) is 12.1 Å². The summed E-state index contributed by atoms with van der Waals surface area (Å²) < 4.78 is 30.0. The maximum atomic E-state index is 13.6. The van der Waals surface area contributed by atoms with E-state index in [4.69, 9.17) is 13.9 Å². The standard InChI is InChI=1S/C17H20FN3O4/c1-11(2)16-19-20-17(25-16)13-9-23-8-7-21(13)15(22)10-24-14-6-4-3-5-12(14)18/h3-6,11,13H,7-10H2,1-2H3/t13-/m1/s1. The Bertz CT molecular complexity index is 734. The van der Waals surface area contributed by atoms with Gasteiger partial charge >= 0.3 is 0 Å². The number of amides is 1. The number of carbonyl (C=O) groups is 1. The first-order valence-corrected chi connectivity index (χ1v) is 8.14. The van der Waals surface area contributed by atoms with Crippen LogP contribution >= 0.6 is 0 Å². The third-order valence-corrected chi connectivity index (χ3v) is 3.87. The van der Waals surface area contributed by atoms with Crippen LogP contribution in [0, 0.1) is 5.82 Å². The molecule has 7 nitrogen and oxygen atoms in total. The molecule has 3 rings (SSSR count). The lowest BCUT2D eigenvalue weighted by atomic mass is 10.2. The predicted octanol–water partition coefficient (Wildman–Crippen LogP) is 2.31. The maximum absolute atomic E-state index is 13.6. The third kappa shape index (κ3) is 3.96. The second-order valence-electron chi connectivity index (χ2n) is 6.03. The van der Waals surface area contributed by atoms with E-state index in [1.54, 1.807) is 17.0 Å². The quantitative estimate of drug-likeness (QED) is 0.824. The number of rotatable bonds is 5. The van der Waals surface area contributed by atoms with E-state index in [0.717, 1.165) is 0 Å². The fourth-order valence-electron chi connectivity index (χ4n) is 2.51. The van der Waals surface area contributed by atoms with Gasteiger partial charge in [0.2, 0.25) is 11.8 Å². The molecule has 0 N–H and O–H groups in total. The van der Waals surface area contributed by atoms with Crippen molar-refractivity contribution in [2.45, 2.75) is 25.8 Å². The number of aromatic nitrogens is 2. The zero-order valence-corrected chi connectivity index (χ0v) is 14.1. The number of benzene rings is 1. The maximum Gasteiger partial charge on any atom is 0.261 e. The van der Waals surface area contributed by atoms with Gasteiger partial charge in [0, 0.05) is 12.5 Å². The van der Waals surface area contributed by atoms with Crippen molar-refractivity contribution in [1.82, 2.24) is 15.1 Å². The van der Waals surface area contributed by atoms with Crippen LogP contribution in [0.15, 0.2) is 28.7 Å². The summed E-state index contributed by atoms with van der Waals surface area (Å²) in [6.45, 7) is 4.67. The molecular formula is C17H20FN3O4. The Balaban J connectivity index is 1.69. The number of para-hydroxylation sites is 1. The first-order valence-electron chi connectivity index (χ1n) is 8.14. The van der Waals surface area contributed by atoms with Crippen molar-refractivity contribution in [3.63, 3.8) is 0 Å². The zero-order valence-electron chi connectivity index (χ0n) is 14.1. The molecule has 1 fully saturated rings. The van der Waals surface area contributed by atoms with Crippen LogP contribution in [0.25, 0.3) is 0 Å². The Morgan fingerprint density at radius 2 is 2.20 bits per heavy atom. The molecular weight excluding hydrogens is 329 g/mol. The number of carbonyl (C=O) groups excluding carboxylic acids is 1. The lowest BCUT2D eigenvalue weighted by Gasteiger charge is -2.33. The summed E-state index contributed by atoms with van der Waals surface area (Å²) in [6.07, 6.45) is 0. The first kappa shape index (κ1) is 17.3. The van der Waals surface area contributed by atoms with Crippen LogP contribution in [0.1, 0.15) is 37.6 Å². The molecule has 1 aromatic heterocycles. The fraction of sp³-hybridized carbons (Fsp3) is 0.471. The van der Waals surface area contributed by atoms with E-state index >= 15 is 0 Å². The topological polar surface area (TPSA) is 77.7 Å². The molecule has 1 amide bonds. The summed E-state index contributed by atoms with van der Waals surface area (Å²) in [4.78, 5) is 14.1. The Morgan fingerprint density at radius 1 is 1.40 bits per heavy atom. The summed E-state index contributed by atoms with van der Waals surface area (Å²) >= 11 is 0. The smallest absolute Gasteiger partial charge is 0.261 e. The van der Waals surface area contributed by atoms with Crippen molar-refractivity contribution in [3.05, 3.63) is 41.9 Å². The zero-order chi connectivity index (χ0) is 17.8. The van der Waals surface area contributed by atoms with Crippen molar-refractivity contribution in [2.75, 3.05) is 26.4 Å². The van der Waals surface area contributed by atoms with Gasteiger partial charge in [-0.2, -0.15) is 0 Å². The minimum Gasteiger partial charge on any atom is -0.481 e. The van der Waals surface area contributed by atoms with Crippen molar-refractivity contribution < 1.29 is 23.1 Å². The Morgan fingerprint density at radius 3 is 2.92 bits per heavy atom. The predicted molar refractivity (Wildman–Crippen MR) is 85.6 cm³/mol. The summed E-state index contributed by atoms with van der Waals surface area (Å²) in [6, 6.07) is 5.50. The summed E-state index contributed by atoms with van der Waals surface area (Å²) in [7, 11) is 0. The minimum atomic E-state index is -0.507. The lowest BCUT2D eigenvalue weighted by molar-refractivity contribution is -0.143. The molecule has 1 saturated heterocycles. The van der Waals surface area contributed by atoms with Crippen molar-refractivity contribution in [1.29, 1.82) is 0 Å². The van der Waals surface area contributed by atoms with Gasteiger partial charge in [0.1, 0.15) is 6.04 Å². The van der Waals surface area contributed by atoms with E-state index in [1.807, 2.05) is 13.8 Å². The molecule has 25 heavy (non-hydrogen) atoms. The Kier molecular flexibility index (Phi) is 5.28. The van der Waals surface area contributed by atoms with E-state index < -0.39 is 11.9 Å². The lowest BCUT2D eigenvalue weighted by Crippen LogP contribution is -2.45. The van der Waals surface area contributed by atoms with E-state index in [-0.39, 0.29) is 30.8 Å². The third-order valence-electron chi connectivity index (χ3n) is 3.87. The van der Waals surface area contributed by atoms with Gasteiger partial charge in [-0.3, -0.25) is 4.79 Å². The number of ether oxygens (including phenoxy) is 2. The molecule has 0 unspecified atom stereocenters. The molecule has 8 heteroatoms. The van der Waals surface area contributed by atoms with E-state index in [9.17, 15) is 9.18 Å². The Hall–Kier alpha value is -2.48. The average molecular weight is 349 g/mol. The molecule has 2 aromatic rings. The normalized spacial score (nSPS) is 17.8. The molecule has 1 aliphatic rings. The van der Waals surface area contributed by atoms with Crippen molar-refractivity contribution >= 4 is 5.91 Å². The number of hydrogen-bond donors (Lipinski definition) is 0. The van der Waals surface area contributed by atoms with Gasteiger partial charge in [-0.15, -0.1) is 10.2 Å². The molecule has 2 heterocycles. The minimum absolute atomic E-state index is 0.0422. The number of morpholine rings is 1. The number of nitrogens with zero attached hydrogens (tertiary/aromatic N) is 3. The van der Waals surface area contributed by atoms with Gasteiger partial charge in [0.05, 0.1) is 13.2 Å². The first-order chi connectivity index (χ1) is 12.1. The van der Waals surface area contributed by atoms with Crippen LogP contribution in [0.5, 0.6) is 5.75 Å². The second-order valence-corrected chi connectivity index (χ2v) is 6.03. The highest BCUT2D eigenvalue weighted by Crippen LogP contribution is 2.25. The van der Waals surface area contributed by atoms with Crippen LogP contribution in [0.4, 0.5) is 4.39 Å². The van der Waals surface area contributed by atoms with Gasteiger partial charge in [-0.25, -0.2) is 4.39 Å². The van der Waals surface area contributed by atoms with Gasteiger partial charge in [0.25, 0.3) is 5.91 Å². The summed E-state index contributed by atoms with van der Waals surface area (Å²) in [5.74, 6) is 0.186. The molecule has 1 atom stereocenters. The van der Waals surface area contributed by atoms with Crippen molar-refractivity contribution in [3.8, 4) is 5.75 Å². The molecule has 0 aliphatic carbocycles. The molecule has 0 saturated carbocycles. The van der Waals surface area contributed by atoms with E-state index in [1.165, 1.54) is 12.1 Å². The van der Waals surface area contributed by atoms with Crippen LogP contribution in [0.2, 0.25) is 0 Å². The monoisotopic (exact) mass is 349 g/mol. The van der Waals surface area contributed by atoms with E-state index in [0.29, 0.717) is 24.9 Å². The highest BCUT2D eigenvalue weighted by Gasteiger charge is 2.33. The second kappa shape index (κ2) is 7.60. The largest absolute Gasteiger partial charge is 0.481 e. The van der Waals surface area contributed by atoms with Gasteiger partial charge in [0.15, 0.2) is 18.2 Å². The summed E-state index contributed by atoms with van der Waals surface area (Å²) in [5, 5.41) is 8.03.